The Balaban J connectivity index is 1.65. The first-order valence-corrected chi connectivity index (χ1v) is 7.66. The number of nitrogens with one attached hydrogen (secondary N) is 2. The average Bonchev–Trinajstić information content (AvgIpc) is 2.92. The summed E-state index contributed by atoms with van der Waals surface area (Å²) in [6.45, 7) is 3.42. The van der Waals surface area contributed by atoms with Crippen LogP contribution in [0.3, 0.4) is 0 Å². The van der Waals surface area contributed by atoms with Crippen LogP contribution < -0.4 is 5.48 Å². The minimum atomic E-state index is -0.881. The molecule has 1 saturated heterocycles. The van der Waals surface area contributed by atoms with E-state index in [1.54, 1.807) is 11.8 Å². The van der Waals surface area contributed by atoms with Gasteiger partial charge in [-0.15, -0.1) is 10.2 Å². The Bertz CT molecular complexity index is 521. The lowest BCUT2D eigenvalue weighted by atomic mass is 9.99. The predicted octanol–water partition coefficient (Wildman–Crippen LogP) is -0.540. The molecule has 0 aliphatic carbocycles. The molecule has 0 amide bonds. The number of rotatable bonds is 9. The number of aromatic nitrogens is 4. The molecule has 0 radical (unpaired) electrons. The van der Waals surface area contributed by atoms with Crippen LogP contribution in [-0.4, -0.2) is 74.2 Å². The van der Waals surface area contributed by atoms with Crippen LogP contribution in [0.1, 0.15) is 25.1 Å². The van der Waals surface area contributed by atoms with Crippen molar-refractivity contribution in [2.75, 3.05) is 19.7 Å². The zero-order valence-electron chi connectivity index (χ0n) is 13.2. The molecule has 1 aliphatic heterocycles. The van der Waals surface area contributed by atoms with Crippen molar-refractivity contribution in [3.63, 3.8) is 0 Å². The Labute approximate surface area is 134 Å². The normalized spacial score (nSPS) is 22.1. The van der Waals surface area contributed by atoms with E-state index >= 15 is 0 Å². The molecule has 0 bridgehead atoms. The zero-order chi connectivity index (χ0) is 16.7. The Kier molecular flexibility index (Phi) is 6.56. The number of carbonyl (C=O) groups is 1. The summed E-state index contributed by atoms with van der Waals surface area (Å²) in [5.41, 5.74) is 2.99. The fraction of sp³-hybridized carbons (Fsp3) is 0.769. The summed E-state index contributed by atoms with van der Waals surface area (Å²) < 4.78 is 0. The molecule has 3 N–H and O–H groups in total. The number of piperidine rings is 1. The third-order valence-electron chi connectivity index (χ3n) is 3.67. The number of nitrogens with zero attached hydrogens (tertiary/aromatic N) is 5. The number of carboxylic acids is 1. The van der Waals surface area contributed by atoms with E-state index in [0.717, 1.165) is 19.3 Å². The molecule has 0 aromatic carbocycles. The van der Waals surface area contributed by atoms with E-state index in [1.165, 1.54) is 11.0 Å². The summed E-state index contributed by atoms with van der Waals surface area (Å²) in [4.78, 5) is 19.6. The van der Waals surface area contributed by atoms with Gasteiger partial charge in [-0.2, -0.15) is 10.3 Å². The molecule has 2 atom stereocenters. The van der Waals surface area contributed by atoms with E-state index in [2.05, 4.69) is 20.9 Å². The van der Waals surface area contributed by atoms with Crippen molar-refractivity contribution in [1.29, 1.82) is 5.41 Å². The summed E-state index contributed by atoms with van der Waals surface area (Å²) in [5, 5.41) is 28.1. The smallest absolute Gasteiger partial charge is 0.317 e. The average molecular weight is 325 g/mol. The molecule has 0 spiro atoms. The first-order valence-electron chi connectivity index (χ1n) is 7.66. The number of hydrogen-bond donors (Lipinski definition) is 3. The van der Waals surface area contributed by atoms with Gasteiger partial charge in [-0.1, -0.05) is 0 Å². The lowest BCUT2D eigenvalue weighted by Crippen LogP contribution is -2.52. The maximum Gasteiger partial charge on any atom is 0.317 e. The van der Waals surface area contributed by atoms with Crippen LogP contribution in [0.25, 0.3) is 0 Å². The number of tetrazole rings is 1. The largest absolute Gasteiger partial charge is 0.480 e. The molecule has 1 aromatic rings. The van der Waals surface area contributed by atoms with Crippen molar-refractivity contribution < 1.29 is 14.7 Å². The minimum Gasteiger partial charge on any atom is -0.480 e. The Morgan fingerprint density at radius 3 is 3.04 bits per heavy atom. The van der Waals surface area contributed by atoms with Gasteiger partial charge in [-0.05, 0) is 31.4 Å². The van der Waals surface area contributed by atoms with Crippen molar-refractivity contribution in [2.24, 2.45) is 0 Å². The molecule has 2 rings (SSSR count). The van der Waals surface area contributed by atoms with Crippen molar-refractivity contribution in [1.82, 2.24) is 30.6 Å². The SMILES string of the molecule is Cc1nnn(CCCON[C@@H]2CC[C@@H](C=N)N(CC(=O)O)C2)n1. The van der Waals surface area contributed by atoms with Crippen LogP contribution in [0.4, 0.5) is 0 Å². The topological polar surface area (TPSA) is 129 Å². The molecular weight excluding hydrogens is 302 g/mol. The zero-order valence-corrected chi connectivity index (χ0v) is 13.2. The first-order chi connectivity index (χ1) is 11.1. The molecule has 0 unspecified atom stereocenters. The Hall–Kier alpha value is -1.91. The number of hydrogen-bond acceptors (Lipinski definition) is 8. The summed E-state index contributed by atoms with van der Waals surface area (Å²) in [7, 11) is 0. The lowest BCUT2D eigenvalue weighted by molar-refractivity contribution is -0.139. The summed E-state index contributed by atoms with van der Waals surface area (Å²) in [6, 6.07) is -0.0388. The Morgan fingerprint density at radius 1 is 1.57 bits per heavy atom. The first kappa shape index (κ1) is 17.4. The molecule has 10 nitrogen and oxygen atoms in total. The van der Waals surface area contributed by atoms with Crippen molar-refractivity contribution in [3.05, 3.63) is 5.82 Å². The van der Waals surface area contributed by atoms with Crippen LogP contribution in [0.5, 0.6) is 0 Å². The molecule has 1 aliphatic rings. The third kappa shape index (κ3) is 5.66. The lowest BCUT2D eigenvalue weighted by Gasteiger charge is -2.36. The molecule has 23 heavy (non-hydrogen) atoms. The summed E-state index contributed by atoms with van der Waals surface area (Å²) >= 11 is 0. The van der Waals surface area contributed by atoms with E-state index in [9.17, 15) is 4.79 Å². The van der Waals surface area contributed by atoms with Crippen molar-refractivity contribution >= 4 is 12.2 Å². The number of aliphatic carboxylic acids is 1. The highest BCUT2D eigenvalue weighted by molar-refractivity contribution is 5.70. The van der Waals surface area contributed by atoms with Crippen LogP contribution >= 0.6 is 0 Å². The van der Waals surface area contributed by atoms with Crippen LogP contribution in [0, 0.1) is 12.3 Å². The molecule has 10 heteroatoms. The maximum absolute atomic E-state index is 10.9. The summed E-state index contributed by atoms with van der Waals surface area (Å²) in [5.74, 6) is -0.237. The van der Waals surface area contributed by atoms with Crippen LogP contribution in [0.15, 0.2) is 0 Å². The molecular formula is C13H23N7O3. The van der Waals surface area contributed by atoms with Gasteiger partial charge in [0.05, 0.1) is 19.7 Å². The second-order valence-electron chi connectivity index (χ2n) is 5.58. The number of hydroxylamine groups is 1. The van der Waals surface area contributed by atoms with E-state index in [0.29, 0.717) is 25.5 Å². The van der Waals surface area contributed by atoms with Crippen molar-refractivity contribution in [3.8, 4) is 0 Å². The molecule has 1 aromatic heterocycles. The number of likely N-dealkylation sites (tertiary alicyclic amines) is 1. The van der Waals surface area contributed by atoms with Gasteiger partial charge in [0.15, 0.2) is 5.82 Å². The van der Waals surface area contributed by atoms with E-state index < -0.39 is 5.97 Å². The second kappa shape index (κ2) is 8.65. The van der Waals surface area contributed by atoms with Gasteiger partial charge in [0, 0.05) is 24.8 Å². The molecule has 1 fully saturated rings. The van der Waals surface area contributed by atoms with Gasteiger partial charge in [0.2, 0.25) is 0 Å². The van der Waals surface area contributed by atoms with Crippen molar-refractivity contribution in [2.45, 2.75) is 44.8 Å². The highest BCUT2D eigenvalue weighted by Crippen LogP contribution is 2.16. The van der Waals surface area contributed by atoms with E-state index in [4.69, 9.17) is 15.4 Å². The standard InChI is InChI=1S/C13H23N7O3/c1-10-15-18-20(16-10)5-2-6-23-17-11-3-4-12(7-14)19(8-11)9-13(21)22/h7,11-12,14,17H,2-6,8-9H2,1H3,(H,21,22)/t11-,12+/m1/s1. The van der Waals surface area contributed by atoms with Gasteiger partial charge in [-0.3, -0.25) is 9.69 Å². The maximum atomic E-state index is 10.9. The molecule has 128 valence electrons. The van der Waals surface area contributed by atoms with Gasteiger partial charge >= 0.3 is 5.97 Å². The van der Waals surface area contributed by atoms with Gasteiger partial charge < -0.3 is 15.4 Å². The van der Waals surface area contributed by atoms with Gasteiger partial charge in [0.25, 0.3) is 0 Å². The molecule has 2 heterocycles. The summed E-state index contributed by atoms with van der Waals surface area (Å²) in [6.07, 6.45) is 3.66. The van der Waals surface area contributed by atoms with E-state index in [-0.39, 0.29) is 18.6 Å². The Morgan fingerprint density at radius 2 is 2.39 bits per heavy atom. The number of carboxylic acid groups (broad SMARTS) is 1. The quantitative estimate of drug-likeness (QED) is 0.314. The van der Waals surface area contributed by atoms with Gasteiger partial charge in [0.1, 0.15) is 0 Å². The van der Waals surface area contributed by atoms with E-state index in [1.807, 2.05) is 0 Å². The predicted molar refractivity (Wildman–Crippen MR) is 81.1 cm³/mol. The number of aryl methyl sites for hydroxylation is 2. The second-order valence-corrected chi connectivity index (χ2v) is 5.58. The van der Waals surface area contributed by atoms with Gasteiger partial charge in [-0.25, -0.2) is 0 Å². The fourth-order valence-electron chi connectivity index (χ4n) is 2.58. The van der Waals surface area contributed by atoms with Crippen LogP contribution in [-0.2, 0) is 16.2 Å². The minimum absolute atomic E-state index is 0.0600. The van der Waals surface area contributed by atoms with Crippen LogP contribution in [0.2, 0.25) is 0 Å². The monoisotopic (exact) mass is 325 g/mol. The molecule has 0 saturated carbocycles. The third-order valence-corrected chi connectivity index (χ3v) is 3.67. The fourth-order valence-corrected chi connectivity index (χ4v) is 2.58. The highest BCUT2D eigenvalue weighted by atomic mass is 16.6. The highest BCUT2D eigenvalue weighted by Gasteiger charge is 2.28.